The fraction of sp³-hybridized carbons (Fsp3) is 0.143. The van der Waals surface area contributed by atoms with Crippen molar-refractivity contribution < 1.29 is 14.3 Å². The van der Waals surface area contributed by atoms with Crippen molar-refractivity contribution in [1.29, 1.82) is 0 Å². The Balaban J connectivity index is 1.50. The van der Waals surface area contributed by atoms with E-state index in [-0.39, 0.29) is 13.2 Å². The van der Waals surface area contributed by atoms with E-state index in [9.17, 15) is 4.79 Å². The van der Waals surface area contributed by atoms with Crippen LogP contribution in [0, 0.1) is 0 Å². The number of aromatic nitrogens is 2. The Labute approximate surface area is 124 Å². The van der Waals surface area contributed by atoms with Gasteiger partial charge in [0.25, 0.3) is 0 Å². The zero-order chi connectivity index (χ0) is 14.7. The summed E-state index contributed by atoms with van der Waals surface area (Å²) in [5, 5.41) is 1.94. The number of thiazole rings is 1. The molecule has 0 bridgehead atoms. The molecule has 2 aromatic heterocycles. The van der Waals surface area contributed by atoms with E-state index in [1.165, 1.54) is 11.3 Å². The molecule has 108 valence electrons. The van der Waals surface area contributed by atoms with Crippen molar-refractivity contribution in [3.8, 4) is 5.75 Å². The van der Waals surface area contributed by atoms with Crippen molar-refractivity contribution in [2.45, 2.75) is 6.61 Å². The van der Waals surface area contributed by atoms with Gasteiger partial charge >= 0.3 is 5.97 Å². The molecule has 0 atom stereocenters. The number of fused-ring (bicyclic) bond motifs is 1. The number of nitrogen functional groups attached to an aromatic ring is 1. The molecule has 2 N–H and O–H groups in total. The van der Waals surface area contributed by atoms with Gasteiger partial charge in [0.15, 0.2) is 11.6 Å². The number of rotatable bonds is 5. The minimum atomic E-state index is -0.463. The lowest BCUT2D eigenvalue weighted by atomic mass is 10.3. The Morgan fingerprint density at radius 3 is 3.05 bits per heavy atom. The Kier molecular flexibility index (Phi) is 3.74. The number of esters is 1. The SMILES string of the molecule is Nc1ccccc1OCC(=O)OCc1cn2ccsc2n1. The third kappa shape index (κ3) is 3.14. The lowest BCUT2D eigenvalue weighted by molar-refractivity contribution is -0.147. The minimum absolute atomic E-state index is 0.126. The van der Waals surface area contributed by atoms with Crippen LogP contribution in [0.3, 0.4) is 0 Å². The molecular formula is C14H13N3O3S. The largest absolute Gasteiger partial charge is 0.480 e. The van der Waals surface area contributed by atoms with Crippen LogP contribution >= 0.6 is 11.3 Å². The van der Waals surface area contributed by atoms with Gasteiger partial charge in [-0.25, -0.2) is 9.78 Å². The molecule has 0 aliphatic heterocycles. The first-order chi connectivity index (χ1) is 10.2. The van der Waals surface area contributed by atoms with E-state index < -0.39 is 5.97 Å². The van der Waals surface area contributed by atoms with Gasteiger partial charge in [-0.05, 0) is 12.1 Å². The summed E-state index contributed by atoms with van der Waals surface area (Å²) >= 11 is 1.52. The number of hydrogen-bond acceptors (Lipinski definition) is 6. The van der Waals surface area contributed by atoms with Crippen molar-refractivity contribution >= 4 is 28.0 Å². The number of anilines is 1. The van der Waals surface area contributed by atoms with Crippen LogP contribution < -0.4 is 10.5 Å². The van der Waals surface area contributed by atoms with Gasteiger partial charge in [-0.3, -0.25) is 4.40 Å². The molecule has 0 aliphatic carbocycles. The maximum Gasteiger partial charge on any atom is 0.344 e. The lowest BCUT2D eigenvalue weighted by Crippen LogP contribution is -2.15. The van der Waals surface area contributed by atoms with E-state index in [0.29, 0.717) is 17.1 Å². The predicted octanol–water partition coefficient (Wildman–Crippen LogP) is 2.10. The molecule has 21 heavy (non-hydrogen) atoms. The first-order valence-corrected chi connectivity index (χ1v) is 7.14. The molecule has 0 fully saturated rings. The summed E-state index contributed by atoms with van der Waals surface area (Å²) in [5.74, 6) is 0.00608. The third-order valence-electron chi connectivity index (χ3n) is 2.79. The molecule has 0 amide bonds. The Morgan fingerprint density at radius 2 is 2.24 bits per heavy atom. The Hall–Kier alpha value is -2.54. The van der Waals surface area contributed by atoms with Gasteiger partial charge in [0.1, 0.15) is 12.4 Å². The zero-order valence-corrected chi connectivity index (χ0v) is 11.9. The molecule has 3 rings (SSSR count). The van der Waals surface area contributed by atoms with Crippen LogP contribution in [-0.2, 0) is 16.1 Å². The molecule has 0 spiro atoms. The number of nitrogens with two attached hydrogens (primary N) is 1. The Bertz CT molecular complexity index is 737. The number of carbonyl (C=O) groups is 1. The number of benzene rings is 1. The summed E-state index contributed by atoms with van der Waals surface area (Å²) in [6.07, 6.45) is 3.73. The lowest BCUT2D eigenvalue weighted by Gasteiger charge is -2.07. The number of carbonyl (C=O) groups excluding carboxylic acids is 1. The number of para-hydroxylation sites is 2. The number of nitrogens with zero attached hydrogens (tertiary/aromatic N) is 2. The van der Waals surface area contributed by atoms with Crippen molar-refractivity contribution in [1.82, 2.24) is 9.38 Å². The van der Waals surface area contributed by atoms with Crippen molar-refractivity contribution in [3.05, 3.63) is 47.7 Å². The zero-order valence-electron chi connectivity index (χ0n) is 11.1. The summed E-state index contributed by atoms with van der Waals surface area (Å²) < 4.78 is 12.3. The maximum atomic E-state index is 11.6. The molecule has 2 heterocycles. The second kappa shape index (κ2) is 5.84. The van der Waals surface area contributed by atoms with Crippen LogP contribution in [0.25, 0.3) is 4.96 Å². The average Bonchev–Trinajstić information content (AvgIpc) is 3.05. The molecule has 1 aromatic carbocycles. The predicted molar refractivity (Wildman–Crippen MR) is 79.2 cm³/mol. The van der Waals surface area contributed by atoms with Gasteiger partial charge in [0, 0.05) is 17.8 Å². The van der Waals surface area contributed by atoms with E-state index in [0.717, 1.165) is 4.96 Å². The molecular weight excluding hydrogens is 290 g/mol. The normalized spacial score (nSPS) is 10.7. The second-order valence-electron chi connectivity index (χ2n) is 4.31. The first-order valence-electron chi connectivity index (χ1n) is 6.26. The molecule has 0 saturated heterocycles. The molecule has 0 aliphatic rings. The van der Waals surface area contributed by atoms with Crippen molar-refractivity contribution in [3.63, 3.8) is 0 Å². The van der Waals surface area contributed by atoms with Gasteiger partial charge in [-0.1, -0.05) is 12.1 Å². The standard InChI is InChI=1S/C14H13N3O3S/c15-11-3-1-2-4-12(11)19-9-13(18)20-8-10-7-17-5-6-21-14(17)16-10/h1-7H,8-9,15H2. The highest BCUT2D eigenvalue weighted by Crippen LogP contribution is 2.19. The minimum Gasteiger partial charge on any atom is -0.480 e. The summed E-state index contributed by atoms with van der Waals surface area (Å²) in [6.45, 7) is -0.0582. The second-order valence-corrected chi connectivity index (χ2v) is 5.19. The van der Waals surface area contributed by atoms with E-state index >= 15 is 0 Å². The molecule has 6 nitrogen and oxygen atoms in total. The van der Waals surface area contributed by atoms with Crippen LogP contribution in [0.2, 0.25) is 0 Å². The summed E-state index contributed by atoms with van der Waals surface area (Å²) in [7, 11) is 0. The average molecular weight is 303 g/mol. The summed E-state index contributed by atoms with van der Waals surface area (Å²) in [4.78, 5) is 16.8. The number of ether oxygens (including phenoxy) is 2. The van der Waals surface area contributed by atoms with Crippen molar-refractivity contribution in [2.75, 3.05) is 12.3 Å². The third-order valence-corrected chi connectivity index (χ3v) is 3.56. The van der Waals surface area contributed by atoms with E-state index in [2.05, 4.69) is 4.98 Å². The van der Waals surface area contributed by atoms with Crippen LogP contribution in [0.15, 0.2) is 42.0 Å². The number of hydrogen-bond donors (Lipinski definition) is 1. The fourth-order valence-corrected chi connectivity index (χ4v) is 2.51. The quantitative estimate of drug-likeness (QED) is 0.577. The maximum absolute atomic E-state index is 11.6. The molecule has 0 unspecified atom stereocenters. The van der Waals surface area contributed by atoms with Crippen molar-refractivity contribution in [2.24, 2.45) is 0 Å². The molecule has 0 radical (unpaired) electrons. The van der Waals surface area contributed by atoms with E-state index in [1.54, 1.807) is 24.3 Å². The molecule has 7 heteroatoms. The monoisotopic (exact) mass is 303 g/mol. The molecule has 3 aromatic rings. The van der Waals surface area contributed by atoms with E-state index in [4.69, 9.17) is 15.2 Å². The van der Waals surface area contributed by atoms with Crippen LogP contribution in [0.4, 0.5) is 5.69 Å². The topological polar surface area (TPSA) is 78.8 Å². The smallest absolute Gasteiger partial charge is 0.344 e. The first kappa shape index (κ1) is 13.4. The highest BCUT2D eigenvalue weighted by Gasteiger charge is 2.08. The van der Waals surface area contributed by atoms with Gasteiger partial charge < -0.3 is 15.2 Å². The van der Waals surface area contributed by atoms with Crippen LogP contribution in [-0.4, -0.2) is 22.0 Å². The fourth-order valence-electron chi connectivity index (χ4n) is 1.79. The van der Waals surface area contributed by atoms with E-state index in [1.807, 2.05) is 22.2 Å². The summed E-state index contributed by atoms with van der Waals surface area (Å²) in [5.41, 5.74) is 6.90. The highest BCUT2D eigenvalue weighted by molar-refractivity contribution is 7.15. The Morgan fingerprint density at radius 1 is 1.38 bits per heavy atom. The van der Waals surface area contributed by atoms with Gasteiger partial charge in [0.05, 0.1) is 11.4 Å². The van der Waals surface area contributed by atoms with Crippen LogP contribution in [0.5, 0.6) is 5.75 Å². The molecule has 0 saturated carbocycles. The van der Waals surface area contributed by atoms with Crippen LogP contribution in [0.1, 0.15) is 5.69 Å². The van der Waals surface area contributed by atoms with Gasteiger partial charge in [-0.2, -0.15) is 0 Å². The summed E-state index contributed by atoms with van der Waals surface area (Å²) in [6, 6.07) is 6.99. The highest BCUT2D eigenvalue weighted by atomic mass is 32.1. The van der Waals surface area contributed by atoms with Gasteiger partial charge in [0.2, 0.25) is 0 Å². The van der Waals surface area contributed by atoms with Gasteiger partial charge in [-0.15, -0.1) is 11.3 Å². The number of imidazole rings is 1.